The average Bonchev–Trinajstić information content (AvgIpc) is 2.23. The van der Waals surface area contributed by atoms with E-state index in [-0.39, 0.29) is 0 Å². The van der Waals surface area contributed by atoms with Crippen LogP contribution in [0.4, 0.5) is 0 Å². The Morgan fingerprint density at radius 3 is 2.93 bits per heavy atom. The predicted octanol–water partition coefficient (Wildman–Crippen LogP) is 3.50. The molecule has 2 aromatic rings. The zero-order valence-corrected chi connectivity index (χ0v) is 10.3. The Morgan fingerprint density at radius 1 is 1.43 bits per heavy atom. The summed E-state index contributed by atoms with van der Waals surface area (Å²) in [6.07, 6.45) is 1.76. The van der Waals surface area contributed by atoms with Crippen LogP contribution in [0.15, 0.2) is 24.4 Å². The highest BCUT2D eigenvalue weighted by Crippen LogP contribution is 2.29. The summed E-state index contributed by atoms with van der Waals surface area (Å²) in [5.41, 5.74) is 0.885. The summed E-state index contributed by atoms with van der Waals surface area (Å²) in [5.74, 6) is 0.795. The van der Waals surface area contributed by atoms with Gasteiger partial charge in [0.15, 0.2) is 0 Å². The predicted molar refractivity (Wildman–Crippen MR) is 66.0 cm³/mol. The summed E-state index contributed by atoms with van der Waals surface area (Å²) in [6.45, 7) is 0. The van der Waals surface area contributed by atoms with E-state index in [9.17, 15) is 0 Å². The molecule has 0 N–H and O–H groups in total. The SMILES string of the molecule is COc1ccc2ncc(I)c(Cl)c2c1. The van der Waals surface area contributed by atoms with Gasteiger partial charge < -0.3 is 4.74 Å². The van der Waals surface area contributed by atoms with Crippen molar-refractivity contribution in [2.24, 2.45) is 0 Å². The fraction of sp³-hybridized carbons (Fsp3) is 0.100. The Morgan fingerprint density at radius 2 is 2.21 bits per heavy atom. The van der Waals surface area contributed by atoms with Crippen LogP contribution in [0.3, 0.4) is 0 Å². The number of methoxy groups -OCH3 is 1. The van der Waals surface area contributed by atoms with Crippen LogP contribution >= 0.6 is 34.2 Å². The number of aromatic nitrogens is 1. The van der Waals surface area contributed by atoms with Crippen LogP contribution in [-0.4, -0.2) is 12.1 Å². The monoisotopic (exact) mass is 319 g/mol. The number of hydrogen-bond donors (Lipinski definition) is 0. The molecule has 0 aliphatic rings. The molecule has 0 aliphatic carbocycles. The van der Waals surface area contributed by atoms with Crippen LogP contribution in [0, 0.1) is 3.57 Å². The third kappa shape index (κ3) is 1.66. The van der Waals surface area contributed by atoms with Crippen LogP contribution in [0.5, 0.6) is 5.75 Å². The number of pyridine rings is 1. The van der Waals surface area contributed by atoms with Crippen molar-refractivity contribution in [1.29, 1.82) is 0 Å². The maximum atomic E-state index is 6.15. The minimum atomic E-state index is 0.731. The number of benzene rings is 1. The number of halogens is 2. The van der Waals surface area contributed by atoms with Gasteiger partial charge in [-0.15, -0.1) is 0 Å². The molecule has 4 heteroatoms. The molecular weight excluding hydrogens is 312 g/mol. The summed E-state index contributed by atoms with van der Waals surface area (Å²) in [7, 11) is 1.64. The molecule has 0 atom stereocenters. The van der Waals surface area contributed by atoms with E-state index in [2.05, 4.69) is 27.6 Å². The van der Waals surface area contributed by atoms with E-state index in [0.717, 1.165) is 25.2 Å². The van der Waals surface area contributed by atoms with Crippen molar-refractivity contribution in [1.82, 2.24) is 4.98 Å². The van der Waals surface area contributed by atoms with Gasteiger partial charge in [-0.2, -0.15) is 0 Å². The van der Waals surface area contributed by atoms with Crippen LogP contribution < -0.4 is 4.74 Å². The van der Waals surface area contributed by atoms with Gasteiger partial charge in [0.2, 0.25) is 0 Å². The van der Waals surface area contributed by atoms with Crippen LogP contribution in [0.25, 0.3) is 10.9 Å². The quantitative estimate of drug-likeness (QED) is 0.751. The number of ether oxygens (including phenoxy) is 1. The second-order valence-corrected chi connectivity index (χ2v) is 4.34. The first-order valence-corrected chi connectivity index (χ1v) is 5.46. The summed E-state index contributed by atoms with van der Waals surface area (Å²) in [4.78, 5) is 4.27. The first-order chi connectivity index (χ1) is 6.72. The lowest BCUT2D eigenvalue weighted by Crippen LogP contribution is -1.86. The molecule has 1 aromatic heterocycles. The minimum Gasteiger partial charge on any atom is -0.497 e. The van der Waals surface area contributed by atoms with Crippen LogP contribution in [0.1, 0.15) is 0 Å². The lowest BCUT2D eigenvalue weighted by Gasteiger charge is -2.04. The molecule has 0 radical (unpaired) electrons. The van der Waals surface area contributed by atoms with Gasteiger partial charge in [-0.3, -0.25) is 4.98 Å². The van der Waals surface area contributed by atoms with Crippen LogP contribution in [0.2, 0.25) is 5.02 Å². The summed E-state index contributed by atoms with van der Waals surface area (Å²) in [6, 6.07) is 5.67. The summed E-state index contributed by atoms with van der Waals surface area (Å²) in [5, 5.41) is 1.66. The summed E-state index contributed by atoms with van der Waals surface area (Å²) >= 11 is 8.31. The van der Waals surface area contributed by atoms with Crippen molar-refractivity contribution in [2.75, 3.05) is 7.11 Å². The Labute approximate surface area is 100 Å². The molecule has 0 aliphatic heterocycles. The first-order valence-electron chi connectivity index (χ1n) is 4.00. The van der Waals surface area contributed by atoms with Crippen molar-refractivity contribution in [2.45, 2.75) is 0 Å². The standard InChI is InChI=1S/C10H7ClINO/c1-14-6-2-3-9-7(4-6)10(11)8(12)5-13-9/h2-5H,1H3. The zero-order chi connectivity index (χ0) is 10.1. The van der Waals surface area contributed by atoms with Crippen molar-refractivity contribution in [3.63, 3.8) is 0 Å². The second-order valence-electron chi connectivity index (χ2n) is 2.80. The van der Waals surface area contributed by atoms with Crippen molar-refractivity contribution < 1.29 is 4.74 Å². The lowest BCUT2D eigenvalue weighted by molar-refractivity contribution is 0.415. The molecule has 0 amide bonds. The van der Waals surface area contributed by atoms with E-state index >= 15 is 0 Å². The Hall–Kier alpha value is -0.550. The molecule has 0 unspecified atom stereocenters. The van der Waals surface area contributed by atoms with Gasteiger partial charge in [-0.1, -0.05) is 11.6 Å². The van der Waals surface area contributed by atoms with E-state index < -0.39 is 0 Å². The van der Waals surface area contributed by atoms with Crippen molar-refractivity contribution in [3.05, 3.63) is 33.0 Å². The molecule has 2 nitrogen and oxygen atoms in total. The first kappa shape index (κ1) is 9.98. The fourth-order valence-electron chi connectivity index (χ4n) is 1.24. The average molecular weight is 320 g/mol. The molecule has 0 saturated heterocycles. The number of nitrogens with zero attached hydrogens (tertiary/aromatic N) is 1. The highest BCUT2D eigenvalue weighted by Gasteiger charge is 2.05. The Bertz CT molecular complexity index is 487. The van der Waals surface area contributed by atoms with E-state index in [4.69, 9.17) is 16.3 Å². The summed E-state index contributed by atoms with van der Waals surface area (Å²) < 4.78 is 6.08. The third-order valence-electron chi connectivity index (χ3n) is 1.97. The van der Waals surface area contributed by atoms with Gasteiger partial charge in [0.1, 0.15) is 5.75 Å². The second kappa shape index (κ2) is 3.90. The van der Waals surface area contributed by atoms with E-state index in [1.54, 1.807) is 13.3 Å². The van der Waals surface area contributed by atoms with E-state index in [1.807, 2.05) is 18.2 Å². The molecule has 14 heavy (non-hydrogen) atoms. The highest BCUT2D eigenvalue weighted by atomic mass is 127. The van der Waals surface area contributed by atoms with Crippen molar-refractivity contribution >= 4 is 45.1 Å². The number of hydrogen-bond acceptors (Lipinski definition) is 2. The largest absolute Gasteiger partial charge is 0.497 e. The molecule has 0 saturated carbocycles. The Kier molecular flexibility index (Phi) is 2.78. The maximum Gasteiger partial charge on any atom is 0.119 e. The fourth-order valence-corrected chi connectivity index (χ4v) is 1.87. The smallest absolute Gasteiger partial charge is 0.119 e. The maximum absolute atomic E-state index is 6.15. The third-order valence-corrected chi connectivity index (χ3v) is 3.51. The molecule has 2 rings (SSSR count). The molecule has 1 aromatic carbocycles. The van der Waals surface area contributed by atoms with Gasteiger partial charge in [0.05, 0.1) is 21.2 Å². The highest BCUT2D eigenvalue weighted by molar-refractivity contribution is 14.1. The van der Waals surface area contributed by atoms with E-state index in [0.29, 0.717) is 0 Å². The number of rotatable bonds is 1. The van der Waals surface area contributed by atoms with Gasteiger partial charge in [0.25, 0.3) is 0 Å². The van der Waals surface area contributed by atoms with Gasteiger partial charge in [-0.25, -0.2) is 0 Å². The number of fused-ring (bicyclic) bond motifs is 1. The van der Waals surface area contributed by atoms with Gasteiger partial charge >= 0.3 is 0 Å². The van der Waals surface area contributed by atoms with Crippen LogP contribution in [-0.2, 0) is 0 Å². The van der Waals surface area contributed by atoms with E-state index in [1.165, 1.54) is 0 Å². The molecule has 72 valence electrons. The normalized spacial score (nSPS) is 10.5. The zero-order valence-electron chi connectivity index (χ0n) is 7.42. The lowest BCUT2D eigenvalue weighted by atomic mass is 10.2. The molecular formula is C10H7ClINO. The minimum absolute atomic E-state index is 0.731. The molecule has 0 fully saturated rings. The topological polar surface area (TPSA) is 22.1 Å². The van der Waals surface area contributed by atoms with Gasteiger partial charge in [0, 0.05) is 11.6 Å². The molecule has 0 bridgehead atoms. The Balaban J connectivity index is 2.78. The molecule has 1 heterocycles. The van der Waals surface area contributed by atoms with Crippen molar-refractivity contribution in [3.8, 4) is 5.75 Å². The van der Waals surface area contributed by atoms with Gasteiger partial charge in [-0.05, 0) is 40.8 Å². The molecule has 0 spiro atoms.